The molecular formula is C33H34FN3O7. The number of aliphatic carboxylic acids is 2. The van der Waals surface area contributed by atoms with Gasteiger partial charge in [0.1, 0.15) is 5.82 Å². The SMILES string of the molecule is CC(=O)Nc1ccc(C(=O)N(CCN2CCC(C(=O)c3ccc(F)cc3)CC2)c2ccccc2)cc1.O=C(O)C=CC(=O)O. The van der Waals surface area contributed by atoms with Gasteiger partial charge in [-0.2, -0.15) is 0 Å². The zero-order chi connectivity index (χ0) is 32.1. The average molecular weight is 604 g/mol. The molecule has 3 aromatic carbocycles. The van der Waals surface area contributed by atoms with Crippen molar-refractivity contribution in [3.8, 4) is 0 Å². The number of piperidine rings is 1. The number of benzene rings is 3. The molecule has 1 aliphatic heterocycles. The van der Waals surface area contributed by atoms with E-state index in [1.807, 2.05) is 30.3 Å². The van der Waals surface area contributed by atoms with Gasteiger partial charge in [-0.15, -0.1) is 0 Å². The number of anilines is 2. The summed E-state index contributed by atoms with van der Waals surface area (Å²) in [5.74, 6) is -3.14. The first-order valence-corrected chi connectivity index (χ1v) is 13.9. The average Bonchev–Trinajstić information content (AvgIpc) is 3.01. The van der Waals surface area contributed by atoms with E-state index < -0.39 is 11.9 Å². The highest BCUT2D eigenvalue weighted by Crippen LogP contribution is 2.23. The molecule has 3 N–H and O–H groups in total. The van der Waals surface area contributed by atoms with Crippen molar-refractivity contribution in [3.63, 3.8) is 0 Å². The summed E-state index contributed by atoms with van der Waals surface area (Å²) in [7, 11) is 0. The zero-order valence-corrected chi connectivity index (χ0v) is 24.2. The van der Waals surface area contributed by atoms with Crippen LogP contribution >= 0.6 is 0 Å². The van der Waals surface area contributed by atoms with Gasteiger partial charge in [-0.25, -0.2) is 14.0 Å². The van der Waals surface area contributed by atoms with Crippen LogP contribution in [-0.4, -0.2) is 70.8 Å². The fourth-order valence-corrected chi connectivity index (χ4v) is 4.66. The van der Waals surface area contributed by atoms with Crippen LogP contribution < -0.4 is 10.2 Å². The van der Waals surface area contributed by atoms with E-state index in [4.69, 9.17) is 10.2 Å². The minimum absolute atomic E-state index is 0.0680. The zero-order valence-electron chi connectivity index (χ0n) is 24.2. The molecule has 0 spiro atoms. The van der Waals surface area contributed by atoms with Crippen LogP contribution in [0.5, 0.6) is 0 Å². The monoisotopic (exact) mass is 603 g/mol. The van der Waals surface area contributed by atoms with E-state index in [-0.39, 0.29) is 29.3 Å². The minimum atomic E-state index is -1.26. The summed E-state index contributed by atoms with van der Waals surface area (Å²) in [5, 5.41) is 18.3. The molecule has 0 bridgehead atoms. The Labute approximate surface area is 254 Å². The Morgan fingerprint density at radius 1 is 0.841 bits per heavy atom. The van der Waals surface area contributed by atoms with E-state index >= 15 is 0 Å². The van der Waals surface area contributed by atoms with Crippen LogP contribution in [0.4, 0.5) is 15.8 Å². The number of carboxylic acid groups (broad SMARTS) is 2. The summed E-state index contributed by atoms with van der Waals surface area (Å²) in [4.78, 5) is 60.6. The van der Waals surface area contributed by atoms with Gasteiger partial charge in [0, 0.05) is 60.6 Å². The Bertz CT molecular complexity index is 1450. The molecule has 3 aromatic rings. The second-order valence-electron chi connectivity index (χ2n) is 10.0. The molecule has 0 atom stereocenters. The quantitative estimate of drug-likeness (QED) is 0.223. The second kappa shape index (κ2) is 16.5. The molecule has 1 saturated heterocycles. The van der Waals surface area contributed by atoms with E-state index in [2.05, 4.69) is 10.2 Å². The highest BCUT2D eigenvalue weighted by atomic mass is 19.1. The number of amides is 2. The van der Waals surface area contributed by atoms with Crippen LogP contribution in [0.2, 0.25) is 0 Å². The maximum atomic E-state index is 13.4. The summed E-state index contributed by atoms with van der Waals surface area (Å²) in [5.41, 5.74) is 2.55. The topological polar surface area (TPSA) is 144 Å². The molecule has 2 amide bonds. The van der Waals surface area contributed by atoms with Gasteiger partial charge in [-0.3, -0.25) is 14.4 Å². The van der Waals surface area contributed by atoms with Gasteiger partial charge in [-0.05, 0) is 86.6 Å². The van der Waals surface area contributed by atoms with Crippen molar-refractivity contribution < 1.29 is 38.6 Å². The summed E-state index contributed by atoms with van der Waals surface area (Å²) in [6.07, 6.45) is 2.59. The van der Waals surface area contributed by atoms with Crippen molar-refractivity contribution in [3.05, 3.63) is 108 Å². The number of carbonyl (C=O) groups is 5. The number of ketones is 1. The molecule has 4 rings (SSSR count). The van der Waals surface area contributed by atoms with Crippen molar-refractivity contribution in [1.82, 2.24) is 4.90 Å². The Morgan fingerprint density at radius 3 is 1.91 bits per heavy atom. The summed E-state index contributed by atoms with van der Waals surface area (Å²) in [6, 6.07) is 22.2. The van der Waals surface area contributed by atoms with Gasteiger partial charge < -0.3 is 25.3 Å². The Morgan fingerprint density at radius 2 is 1.39 bits per heavy atom. The Balaban J connectivity index is 0.000000583. The van der Waals surface area contributed by atoms with E-state index in [0.717, 1.165) is 31.6 Å². The number of nitrogens with zero attached hydrogens (tertiary/aromatic N) is 2. The standard InChI is InChI=1S/C29H30FN3O3.C4H4O4/c1-21(34)31-26-13-9-24(10-14-26)29(36)33(27-5-3-2-4-6-27)20-19-32-17-15-23(16-18-32)28(35)22-7-11-25(30)12-8-22;5-3(6)1-2-4(7)8/h2-14,23H,15-20H2,1H3,(H,31,34);1-2H,(H,5,6)(H,7,8). The maximum absolute atomic E-state index is 13.4. The molecule has 0 unspecified atom stereocenters. The normalized spacial score (nSPS) is 13.4. The molecule has 0 saturated carbocycles. The predicted molar refractivity (Wildman–Crippen MR) is 163 cm³/mol. The van der Waals surface area contributed by atoms with E-state index in [1.165, 1.54) is 19.1 Å². The number of rotatable bonds is 10. The lowest BCUT2D eigenvalue weighted by Gasteiger charge is -2.33. The summed E-state index contributed by atoms with van der Waals surface area (Å²) >= 11 is 0. The summed E-state index contributed by atoms with van der Waals surface area (Å²) < 4.78 is 13.2. The lowest BCUT2D eigenvalue weighted by molar-refractivity contribution is -0.134. The molecule has 0 aromatic heterocycles. The fourth-order valence-electron chi connectivity index (χ4n) is 4.66. The number of hydrogen-bond acceptors (Lipinski definition) is 6. The smallest absolute Gasteiger partial charge is 0.328 e. The van der Waals surface area contributed by atoms with Gasteiger partial charge in [0.25, 0.3) is 5.91 Å². The van der Waals surface area contributed by atoms with Crippen LogP contribution in [0, 0.1) is 11.7 Å². The van der Waals surface area contributed by atoms with Crippen molar-refractivity contribution in [2.75, 3.05) is 36.4 Å². The van der Waals surface area contributed by atoms with Gasteiger partial charge >= 0.3 is 11.9 Å². The van der Waals surface area contributed by atoms with Crippen molar-refractivity contribution >= 4 is 40.9 Å². The third kappa shape index (κ3) is 10.6. The molecule has 1 aliphatic rings. The molecule has 44 heavy (non-hydrogen) atoms. The number of nitrogens with one attached hydrogen (secondary N) is 1. The highest BCUT2D eigenvalue weighted by molar-refractivity contribution is 6.06. The molecule has 230 valence electrons. The molecule has 10 nitrogen and oxygen atoms in total. The Kier molecular flexibility index (Phi) is 12.5. The van der Waals surface area contributed by atoms with E-state index in [0.29, 0.717) is 42.1 Å². The number of para-hydroxylation sites is 1. The number of carbonyl (C=O) groups excluding carboxylic acids is 3. The van der Waals surface area contributed by atoms with Crippen LogP contribution in [0.1, 0.15) is 40.5 Å². The lowest BCUT2D eigenvalue weighted by atomic mass is 9.89. The molecule has 11 heteroatoms. The van der Waals surface area contributed by atoms with Gasteiger partial charge in [0.05, 0.1) is 0 Å². The molecular weight excluding hydrogens is 569 g/mol. The summed E-state index contributed by atoms with van der Waals surface area (Å²) in [6.45, 7) is 4.16. The minimum Gasteiger partial charge on any atom is -0.478 e. The molecule has 0 radical (unpaired) electrons. The third-order valence-electron chi connectivity index (χ3n) is 6.86. The number of halogens is 1. The first-order chi connectivity index (χ1) is 21.0. The van der Waals surface area contributed by atoms with Crippen LogP contribution in [0.25, 0.3) is 0 Å². The predicted octanol–water partition coefficient (Wildman–Crippen LogP) is 4.74. The number of hydrogen-bond donors (Lipinski definition) is 3. The first-order valence-electron chi connectivity index (χ1n) is 13.9. The van der Waals surface area contributed by atoms with Crippen LogP contribution in [0.3, 0.4) is 0 Å². The first kappa shape index (κ1) is 33.3. The van der Waals surface area contributed by atoms with Crippen LogP contribution in [-0.2, 0) is 14.4 Å². The fraction of sp³-hybridized carbons (Fsp3) is 0.242. The number of Topliss-reactive ketones (excluding diaryl/α,β-unsaturated/α-hetero) is 1. The highest BCUT2D eigenvalue weighted by Gasteiger charge is 2.27. The van der Waals surface area contributed by atoms with Crippen molar-refractivity contribution in [1.29, 1.82) is 0 Å². The van der Waals surface area contributed by atoms with E-state index in [1.54, 1.807) is 41.3 Å². The number of carboxylic acids is 2. The third-order valence-corrected chi connectivity index (χ3v) is 6.86. The van der Waals surface area contributed by atoms with Crippen molar-refractivity contribution in [2.24, 2.45) is 5.92 Å². The second-order valence-corrected chi connectivity index (χ2v) is 10.0. The van der Waals surface area contributed by atoms with Gasteiger partial charge in [0.2, 0.25) is 5.91 Å². The van der Waals surface area contributed by atoms with Gasteiger partial charge in [-0.1, -0.05) is 18.2 Å². The number of likely N-dealkylation sites (tertiary alicyclic amines) is 1. The van der Waals surface area contributed by atoms with E-state index in [9.17, 15) is 28.4 Å². The van der Waals surface area contributed by atoms with Crippen LogP contribution in [0.15, 0.2) is 91.0 Å². The maximum Gasteiger partial charge on any atom is 0.328 e. The molecule has 1 heterocycles. The van der Waals surface area contributed by atoms with Crippen molar-refractivity contribution in [2.45, 2.75) is 19.8 Å². The Hall–Kier alpha value is -5.16. The largest absolute Gasteiger partial charge is 0.478 e. The van der Waals surface area contributed by atoms with Gasteiger partial charge in [0.15, 0.2) is 5.78 Å². The molecule has 1 fully saturated rings. The molecule has 0 aliphatic carbocycles. The lowest BCUT2D eigenvalue weighted by Crippen LogP contribution is -2.42.